The summed E-state index contributed by atoms with van der Waals surface area (Å²) >= 11 is 0. The van der Waals surface area contributed by atoms with E-state index in [0.717, 1.165) is 72.3 Å². The van der Waals surface area contributed by atoms with E-state index in [0.29, 0.717) is 18.1 Å². The fourth-order valence-electron chi connectivity index (χ4n) is 7.99. The molecule has 0 bridgehead atoms. The number of aliphatic imine (C=N–C) groups is 2. The van der Waals surface area contributed by atoms with Crippen LogP contribution in [0.4, 0.5) is 0 Å². The third-order valence-corrected chi connectivity index (χ3v) is 11.2. The lowest BCUT2D eigenvalue weighted by molar-refractivity contribution is 0.669. The van der Waals surface area contributed by atoms with Gasteiger partial charge in [-0.3, -0.25) is 4.99 Å². The number of benzene rings is 8. The normalized spacial score (nSPS) is 12.0. The summed E-state index contributed by atoms with van der Waals surface area (Å²) < 4.78 is 6.54. The maximum Gasteiger partial charge on any atom is 0.174 e. The number of rotatable bonds is 9. The summed E-state index contributed by atoms with van der Waals surface area (Å²) in [4.78, 5) is 15.7. The molecule has 10 rings (SSSR count). The van der Waals surface area contributed by atoms with E-state index in [9.17, 15) is 0 Å². The summed E-state index contributed by atoms with van der Waals surface area (Å²) in [5.41, 5.74) is 16.3. The molecule has 0 unspecified atom stereocenters. The number of nitrogens with zero attached hydrogens (tertiary/aromatic N) is 3. The van der Waals surface area contributed by atoms with Gasteiger partial charge in [0.1, 0.15) is 16.9 Å². The Kier molecular flexibility index (Phi) is 10.2. The molecular formula is C57H41N3O. The van der Waals surface area contributed by atoms with Gasteiger partial charge in [0.15, 0.2) is 5.84 Å². The summed E-state index contributed by atoms with van der Waals surface area (Å²) in [6.45, 7) is 2.50. The zero-order chi connectivity index (χ0) is 41.0. The van der Waals surface area contributed by atoms with Crippen molar-refractivity contribution in [2.45, 2.75) is 13.5 Å². The summed E-state index contributed by atoms with van der Waals surface area (Å²) in [5, 5.41) is 2.05. The predicted molar refractivity (Wildman–Crippen MR) is 254 cm³/mol. The number of hydrogen-bond acceptors (Lipinski definition) is 3. The van der Waals surface area contributed by atoms with Gasteiger partial charge in [-0.1, -0.05) is 182 Å². The fourth-order valence-corrected chi connectivity index (χ4v) is 7.99. The molecule has 8 aromatic carbocycles. The lowest BCUT2D eigenvalue weighted by atomic mass is 9.96. The van der Waals surface area contributed by atoms with E-state index in [1.807, 2.05) is 61.5 Å². The van der Waals surface area contributed by atoms with Crippen LogP contribution < -0.4 is 0 Å². The first-order valence-corrected chi connectivity index (χ1v) is 20.6. The average Bonchev–Trinajstić information content (AvgIpc) is 3.72. The number of fused-ring (bicyclic) bond motifs is 3. The molecule has 0 radical (unpaired) electrons. The highest BCUT2D eigenvalue weighted by Crippen LogP contribution is 2.39. The van der Waals surface area contributed by atoms with Crippen LogP contribution in [0.15, 0.2) is 233 Å². The van der Waals surface area contributed by atoms with Gasteiger partial charge < -0.3 is 4.42 Å². The Hall–Kier alpha value is -7.95. The van der Waals surface area contributed by atoms with Gasteiger partial charge in [0.25, 0.3) is 0 Å². The molecular weight excluding hydrogens is 743 g/mol. The molecule has 0 aliphatic carbocycles. The quantitative estimate of drug-likeness (QED) is 0.108. The van der Waals surface area contributed by atoms with Crippen molar-refractivity contribution in [2.75, 3.05) is 0 Å². The molecule has 4 heteroatoms. The molecule has 61 heavy (non-hydrogen) atoms. The minimum atomic E-state index is 0.472. The standard InChI is InChI=1S/C57H41N3O/c1-39(41-18-8-3-9-19-41)59-57(58-38-40-16-6-2-7-17-40)53-37-49(43-22-12-5-13-23-43)36-52(60-53)50-26-15-27-55-56(50)51-35-48(32-33-54(51)61-55)45-30-28-44(29-31-45)47-25-14-24-46(34-47)42-20-10-4-11-21-42/h2-37H,38H2,1H3. The van der Waals surface area contributed by atoms with Crippen LogP contribution >= 0.6 is 0 Å². The Bertz CT molecular complexity index is 3190. The van der Waals surface area contributed by atoms with E-state index in [-0.39, 0.29) is 0 Å². The van der Waals surface area contributed by atoms with Crippen LogP contribution in [-0.4, -0.2) is 16.5 Å². The predicted octanol–water partition coefficient (Wildman–Crippen LogP) is 14.8. The van der Waals surface area contributed by atoms with Crippen molar-refractivity contribution in [1.82, 2.24) is 4.98 Å². The van der Waals surface area contributed by atoms with E-state index in [2.05, 4.69) is 164 Å². The molecule has 0 amide bonds. The molecule has 290 valence electrons. The highest BCUT2D eigenvalue weighted by molar-refractivity contribution is 6.14. The maximum absolute atomic E-state index is 6.54. The Morgan fingerprint density at radius 1 is 0.459 bits per heavy atom. The first kappa shape index (κ1) is 37.3. The summed E-state index contributed by atoms with van der Waals surface area (Å²) in [5.74, 6) is 0.575. The fraction of sp³-hybridized carbons (Fsp3) is 0.0351. The van der Waals surface area contributed by atoms with E-state index >= 15 is 0 Å². The van der Waals surface area contributed by atoms with Crippen LogP contribution in [0.25, 0.3) is 77.7 Å². The van der Waals surface area contributed by atoms with Gasteiger partial charge in [-0.2, -0.15) is 0 Å². The first-order valence-electron chi connectivity index (χ1n) is 20.6. The summed E-state index contributed by atoms with van der Waals surface area (Å²) in [6.07, 6.45) is 0. The van der Waals surface area contributed by atoms with E-state index in [4.69, 9.17) is 19.4 Å². The van der Waals surface area contributed by atoms with Gasteiger partial charge in [-0.25, -0.2) is 9.98 Å². The zero-order valence-corrected chi connectivity index (χ0v) is 33.7. The van der Waals surface area contributed by atoms with Crippen molar-refractivity contribution in [2.24, 2.45) is 9.98 Å². The number of furan rings is 1. The molecule has 0 atom stereocenters. The maximum atomic E-state index is 6.54. The lowest BCUT2D eigenvalue weighted by Crippen LogP contribution is -2.08. The van der Waals surface area contributed by atoms with Crippen LogP contribution in [0, 0.1) is 0 Å². The second kappa shape index (κ2) is 16.7. The van der Waals surface area contributed by atoms with E-state index < -0.39 is 0 Å². The van der Waals surface area contributed by atoms with Crippen LogP contribution in [0.3, 0.4) is 0 Å². The minimum absolute atomic E-state index is 0.472. The van der Waals surface area contributed by atoms with Gasteiger partial charge in [0, 0.05) is 22.0 Å². The summed E-state index contributed by atoms with van der Waals surface area (Å²) in [7, 11) is 0. The van der Waals surface area contributed by atoms with Crippen molar-refractivity contribution in [3.8, 4) is 55.8 Å². The molecule has 4 nitrogen and oxygen atoms in total. The smallest absolute Gasteiger partial charge is 0.174 e. The van der Waals surface area contributed by atoms with Crippen molar-refractivity contribution >= 4 is 33.5 Å². The zero-order valence-electron chi connectivity index (χ0n) is 33.7. The molecule has 2 heterocycles. The number of hydrogen-bond donors (Lipinski definition) is 0. The first-order chi connectivity index (χ1) is 30.1. The van der Waals surface area contributed by atoms with Crippen molar-refractivity contribution in [1.29, 1.82) is 0 Å². The minimum Gasteiger partial charge on any atom is -0.456 e. The SMILES string of the molecule is CC(=NC(=NCc1ccccc1)c1cc(-c2ccccc2)cc(-c2cccc3oc4ccc(-c5ccc(-c6cccc(-c7ccccc7)c6)cc5)cc4c23)n1)c1ccccc1. The molecule has 0 aliphatic heterocycles. The Morgan fingerprint density at radius 3 is 1.67 bits per heavy atom. The van der Waals surface area contributed by atoms with Crippen molar-refractivity contribution in [3.63, 3.8) is 0 Å². The van der Waals surface area contributed by atoms with Gasteiger partial charge in [-0.05, 0) is 99.0 Å². The Morgan fingerprint density at radius 2 is 1.00 bits per heavy atom. The molecule has 0 saturated heterocycles. The van der Waals surface area contributed by atoms with Crippen LogP contribution in [0.1, 0.15) is 23.7 Å². The van der Waals surface area contributed by atoms with Crippen molar-refractivity contribution < 1.29 is 4.42 Å². The topological polar surface area (TPSA) is 50.8 Å². The molecule has 10 aromatic rings. The number of amidine groups is 1. The van der Waals surface area contributed by atoms with Crippen LogP contribution in [0.5, 0.6) is 0 Å². The van der Waals surface area contributed by atoms with Gasteiger partial charge in [0.05, 0.1) is 12.2 Å². The highest BCUT2D eigenvalue weighted by Gasteiger charge is 2.18. The van der Waals surface area contributed by atoms with Gasteiger partial charge in [-0.15, -0.1) is 0 Å². The van der Waals surface area contributed by atoms with E-state index in [1.54, 1.807) is 0 Å². The second-order valence-electron chi connectivity index (χ2n) is 15.2. The lowest BCUT2D eigenvalue weighted by Gasteiger charge is -2.12. The molecule has 0 fully saturated rings. The summed E-state index contributed by atoms with van der Waals surface area (Å²) in [6, 6.07) is 76.0. The Balaban J connectivity index is 1.08. The van der Waals surface area contributed by atoms with Crippen LogP contribution in [-0.2, 0) is 6.54 Å². The van der Waals surface area contributed by atoms with Gasteiger partial charge >= 0.3 is 0 Å². The monoisotopic (exact) mass is 783 g/mol. The van der Waals surface area contributed by atoms with Crippen molar-refractivity contribution in [3.05, 3.63) is 235 Å². The number of pyridine rings is 1. The molecule has 0 spiro atoms. The molecule has 0 N–H and O–H groups in total. The molecule has 0 saturated carbocycles. The van der Waals surface area contributed by atoms with E-state index in [1.165, 1.54) is 22.3 Å². The van der Waals surface area contributed by atoms with Crippen LogP contribution in [0.2, 0.25) is 0 Å². The Labute approximate surface area is 355 Å². The van der Waals surface area contributed by atoms with Gasteiger partial charge in [0.2, 0.25) is 0 Å². The average molecular weight is 784 g/mol. The largest absolute Gasteiger partial charge is 0.456 e. The molecule has 0 aliphatic rings. The second-order valence-corrected chi connectivity index (χ2v) is 15.2. The highest BCUT2D eigenvalue weighted by atomic mass is 16.3. The number of aromatic nitrogens is 1. The third-order valence-electron chi connectivity index (χ3n) is 11.2. The third kappa shape index (κ3) is 7.95. The molecule has 2 aromatic heterocycles.